The number of halogens is 1. The molecule has 0 aliphatic carbocycles. The quantitative estimate of drug-likeness (QED) is 0.870. The minimum atomic E-state index is -0.386. The minimum absolute atomic E-state index is 0.143. The molecule has 1 saturated heterocycles. The van der Waals surface area contributed by atoms with Gasteiger partial charge in [-0.2, -0.15) is 5.26 Å². The fourth-order valence-electron chi connectivity index (χ4n) is 2.45. The summed E-state index contributed by atoms with van der Waals surface area (Å²) in [7, 11) is 0. The third-order valence-electron chi connectivity index (χ3n) is 3.23. The van der Waals surface area contributed by atoms with E-state index in [4.69, 9.17) is 10.4 Å². The van der Waals surface area contributed by atoms with Crippen LogP contribution in [0.25, 0.3) is 0 Å². The summed E-state index contributed by atoms with van der Waals surface area (Å²) >= 11 is 0. The highest BCUT2D eigenvalue weighted by Crippen LogP contribution is 2.30. The predicted octanol–water partition coefficient (Wildman–Crippen LogP) is 2.05. The van der Waals surface area contributed by atoms with E-state index >= 15 is 0 Å². The van der Waals surface area contributed by atoms with Crippen LogP contribution in [0.2, 0.25) is 0 Å². The topological polar surface area (TPSA) is 47.3 Å². The van der Waals surface area contributed by atoms with Gasteiger partial charge in [0, 0.05) is 19.2 Å². The Bertz CT molecular complexity index is 442. The van der Waals surface area contributed by atoms with E-state index in [-0.39, 0.29) is 18.5 Å². The SMILES string of the molecule is N#Cc1cc(F)ccc1N1CCCC1CCO. The molecule has 1 unspecified atom stereocenters. The van der Waals surface area contributed by atoms with Crippen molar-refractivity contribution in [1.82, 2.24) is 0 Å². The second-order valence-electron chi connectivity index (χ2n) is 4.28. The van der Waals surface area contributed by atoms with Crippen LogP contribution in [0.3, 0.4) is 0 Å². The molecule has 90 valence electrons. The van der Waals surface area contributed by atoms with Gasteiger partial charge in [-0.25, -0.2) is 4.39 Å². The summed E-state index contributed by atoms with van der Waals surface area (Å²) in [5.74, 6) is -0.386. The van der Waals surface area contributed by atoms with Crippen molar-refractivity contribution in [2.45, 2.75) is 25.3 Å². The summed E-state index contributed by atoms with van der Waals surface area (Å²) in [5.41, 5.74) is 1.15. The van der Waals surface area contributed by atoms with E-state index in [2.05, 4.69) is 4.90 Å². The fourth-order valence-corrected chi connectivity index (χ4v) is 2.45. The number of rotatable bonds is 3. The molecule has 1 N–H and O–H groups in total. The Hall–Kier alpha value is -1.60. The van der Waals surface area contributed by atoms with Gasteiger partial charge in [0.05, 0.1) is 11.3 Å². The summed E-state index contributed by atoms with van der Waals surface area (Å²) in [6, 6.07) is 6.60. The van der Waals surface area contributed by atoms with Crippen molar-refractivity contribution in [1.29, 1.82) is 5.26 Å². The largest absolute Gasteiger partial charge is 0.396 e. The first-order valence-electron chi connectivity index (χ1n) is 5.83. The van der Waals surface area contributed by atoms with Crippen LogP contribution in [0.5, 0.6) is 0 Å². The van der Waals surface area contributed by atoms with Gasteiger partial charge in [-0.1, -0.05) is 0 Å². The Morgan fingerprint density at radius 1 is 1.53 bits per heavy atom. The zero-order valence-corrected chi connectivity index (χ0v) is 9.56. The molecule has 0 saturated carbocycles. The van der Waals surface area contributed by atoms with Crippen LogP contribution in [0.4, 0.5) is 10.1 Å². The van der Waals surface area contributed by atoms with Crippen LogP contribution in [-0.4, -0.2) is 24.3 Å². The zero-order chi connectivity index (χ0) is 12.3. The van der Waals surface area contributed by atoms with Gasteiger partial charge < -0.3 is 10.0 Å². The maximum atomic E-state index is 13.1. The highest BCUT2D eigenvalue weighted by Gasteiger charge is 2.25. The Morgan fingerprint density at radius 2 is 2.35 bits per heavy atom. The summed E-state index contributed by atoms with van der Waals surface area (Å²) in [6.07, 6.45) is 2.76. The van der Waals surface area contributed by atoms with Crippen molar-refractivity contribution in [2.75, 3.05) is 18.1 Å². The molecule has 3 nitrogen and oxygen atoms in total. The molecule has 0 radical (unpaired) electrons. The van der Waals surface area contributed by atoms with E-state index < -0.39 is 0 Å². The van der Waals surface area contributed by atoms with Gasteiger partial charge in [0.2, 0.25) is 0 Å². The molecule has 0 aromatic heterocycles. The van der Waals surface area contributed by atoms with E-state index in [0.29, 0.717) is 12.0 Å². The van der Waals surface area contributed by atoms with Crippen LogP contribution < -0.4 is 4.90 Å². The summed E-state index contributed by atoms with van der Waals surface area (Å²) < 4.78 is 13.1. The number of aliphatic hydroxyl groups is 1. The molecular formula is C13H15FN2O. The molecule has 4 heteroatoms. The lowest BCUT2D eigenvalue weighted by Gasteiger charge is -2.27. The highest BCUT2D eigenvalue weighted by molar-refractivity contribution is 5.60. The summed E-state index contributed by atoms with van der Waals surface area (Å²) in [6.45, 7) is 1.01. The molecule has 0 spiro atoms. The Labute approximate surface area is 100 Å². The average molecular weight is 234 g/mol. The predicted molar refractivity (Wildman–Crippen MR) is 63.2 cm³/mol. The monoisotopic (exact) mass is 234 g/mol. The minimum Gasteiger partial charge on any atom is -0.396 e. The normalized spacial score (nSPS) is 19.4. The number of hydrogen-bond donors (Lipinski definition) is 1. The Morgan fingerprint density at radius 3 is 3.06 bits per heavy atom. The van der Waals surface area contributed by atoms with E-state index in [1.54, 1.807) is 6.07 Å². The Kier molecular flexibility index (Phi) is 3.60. The van der Waals surface area contributed by atoms with Gasteiger partial charge in [0.25, 0.3) is 0 Å². The summed E-state index contributed by atoms with van der Waals surface area (Å²) in [5, 5.41) is 18.0. The molecule has 1 aliphatic rings. The zero-order valence-electron chi connectivity index (χ0n) is 9.56. The molecule has 1 aliphatic heterocycles. The first-order chi connectivity index (χ1) is 8.26. The molecule has 17 heavy (non-hydrogen) atoms. The van der Waals surface area contributed by atoms with Gasteiger partial charge in [-0.3, -0.25) is 0 Å². The highest BCUT2D eigenvalue weighted by atomic mass is 19.1. The van der Waals surface area contributed by atoms with Gasteiger partial charge in [-0.05, 0) is 37.5 Å². The van der Waals surface area contributed by atoms with Crippen LogP contribution in [0, 0.1) is 17.1 Å². The van der Waals surface area contributed by atoms with Crippen LogP contribution in [0.1, 0.15) is 24.8 Å². The maximum Gasteiger partial charge on any atom is 0.124 e. The third kappa shape index (κ3) is 2.40. The average Bonchev–Trinajstić information content (AvgIpc) is 2.77. The molecule has 0 bridgehead atoms. The lowest BCUT2D eigenvalue weighted by molar-refractivity contribution is 0.276. The molecule has 1 heterocycles. The van der Waals surface area contributed by atoms with Gasteiger partial charge in [0.15, 0.2) is 0 Å². The Balaban J connectivity index is 2.30. The van der Waals surface area contributed by atoms with Gasteiger partial charge in [0.1, 0.15) is 11.9 Å². The third-order valence-corrected chi connectivity index (χ3v) is 3.23. The van der Waals surface area contributed by atoms with Crippen LogP contribution in [-0.2, 0) is 0 Å². The lowest BCUT2D eigenvalue weighted by atomic mass is 10.1. The van der Waals surface area contributed by atoms with Gasteiger partial charge >= 0.3 is 0 Å². The number of nitrogens with zero attached hydrogens (tertiary/aromatic N) is 2. The first kappa shape index (κ1) is 11.9. The molecule has 0 amide bonds. The van der Waals surface area contributed by atoms with Gasteiger partial charge in [-0.15, -0.1) is 0 Å². The van der Waals surface area contributed by atoms with E-state index in [9.17, 15) is 4.39 Å². The van der Waals surface area contributed by atoms with E-state index in [0.717, 1.165) is 25.1 Å². The molecule has 1 aromatic rings. The molecule has 1 fully saturated rings. The fraction of sp³-hybridized carbons (Fsp3) is 0.462. The second kappa shape index (κ2) is 5.15. The number of hydrogen-bond acceptors (Lipinski definition) is 3. The second-order valence-corrected chi connectivity index (χ2v) is 4.28. The van der Waals surface area contributed by atoms with Crippen molar-refractivity contribution in [3.05, 3.63) is 29.6 Å². The molecule has 1 aromatic carbocycles. The molecular weight excluding hydrogens is 219 g/mol. The summed E-state index contributed by atoms with van der Waals surface area (Å²) in [4.78, 5) is 2.11. The number of anilines is 1. The van der Waals surface area contributed by atoms with Crippen LogP contribution in [0.15, 0.2) is 18.2 Å². The molecule has 1 atom stereocenters. The standard InChI is InChI=1S/C13H15FN2O/c14-11-3-4-13(10(8-11)9-15)16-6-1-2-12(16)5-7-17/h3-4,8,12,17H,1-2,5-7H2. The number of nitriles is 1. The van der Waals surface area contributed by atoms with Crippen molar-refractivity contribution in [2.24, 2.45) is 0 Å². The van der Waals surface area contributed by atoms with Crippen LogP contribution >= 0.6 is 0 Å². The number of benzene rings is 1. The maximum absolute atomic E-state index is 13.1. The van der Waals surface area contributed by atoms with E-state index in [1.165, 1.54) is 12.1 Å². The first-order valence-corrected chi connectivity index (χ1v) is 5.83. The van der Waals surface area contributed by atoms with Crippen molar-refractivity contribution >= 4 is 5.69 Å². The van der Waals surface area contributed by atoms with Crippen molar-refractivity contribution < 1.29 is 9.50 Å². The van der Waals surface area contributed by atoms with Crippen molar-refractivity contribution in [3.63, 3.8) is 0 Å². The number of aliphatic hydroxyl groups excluding tert-OH is 1. The molecule has 2 rings (SSSR count). The van der Waals surface area contributed by atoms with E-state index in [1.807, 2.05) is 6.07 Å². The smallest absolute Gasteiger partial charge is 0.124 e. The lowest BCUT2D eigenvalue weighted by Crippen LogP contribution is -2.30. The van der Waals surface area contributed by atoms with Crippen molar-refractivity contribution in [3.8, 4) is 6.07 Å².